The largest absolute Gasteiger partial charge is 0.352 e. The Kier molecular flexibility index (Phi) is 4.13. The van der Waals surface area contributed by atoms with Crippen LogP contribution in [0.3, 0.4) is 0 Å². The molecule has 5 nitrogen and oxygen atoms in total. The van der Waals surface area contributed by atoms with Crippen LogP contribution in [-0.4, -0.2) is 34.4 Å². The highest BCUT2D eigenvalue weighted by atomic mass is 16.2. The third kappa shape index (κ3) is 2.62. The van der Waals surface area contributed by atoms with Crippen LogP contribution in [0.15, 0.2) is 54.6 Å². The number of nitrogens with one attached hydrogen (secondary N) is 1. The van der Waals surface area contributed by atoms with Crippen molar-refractivity contribution in [1.82, 2.24) is 9.88 Å². The molecule has 2 aromatic carbocycles. The van der Waals surface area contributed by atoms with Gasteiger partial charge in [-0.25, -0.2) is 0 Å². The van der Waals surface area contributed by atoms with Crippen LogP contribution in [0.1, 0.15) is 45.3 Å². The molecule has 1 heterocycles. The average Bonchev–Trinajstić information content (AvgIpc) is 3.08. The Bertz CT molecular complexity index is 991. The van der Waals surface area contributed by atoms with Crippen LogP contribution in [0.5, 0.6) is 0 Å². The molecule has 1 amide bonds. The highest BCUT2D eigenvalue weighted by Crippen LogP contribution is 2.39. The molecule has 1 unspecified atom stereocenters. The molecule has 0 aliphatic heterocycles. The van der Waals surface area contributed by atoms with E-state index in [1.165, 1.54) is 0 Å². The zero-order valence-corrected chi connectivity index (χ0v) is 14.1. The predicted octanol–water partition coefficient (Wildman–Crippen LogP) is 3.53. The molecular formula is C21H18N2O3. The van der Waals surface area contributed by atoms with Crippen molar-refractivity contribution in [1.29, 1.82) is 0 Å². The molecule has 130 valence electrons. The van der Waals surface area contributed by atoms with Gasteiger partial charge in [0.2, 0.25) is 0 Å². The number of ketones is 1. The number of benzene rings is 2. The number of hydrogen-bond acceptors (Lipinski definition) is 3. The Morgan fingerprint density at radius 3 is 2.62 bits per heavy atom. The number of aromatic nitrogens is 1. The van der Waals surface area contributed by atoms with Crippen LogP contribution in [0, 0.1) is 0 Å². The van der Waals surface area contributed by atoms with E-state index in [1.807, 2.05) is 30.3 Å². The topological polar surface area (TPSA) is 70.2 Å². The van der Waals surface area contributed by atoms with E-state index in [0.29, 0.717) is 24.1 Å². The van der Waals surface area contributed by atoms with Gasteiger partial charge in [0.15, 0.2) is 5.78 Å². The predicted molar refractivity (Wildman–Crippen MR) is 98.1 cm³/mol. The summed E-state index contributed by atoms with van der Waals surface area (Å²) in [5.41, 5.74) is 2.78. The normalized spacial score (nSPS) is 16.3. The van der Waals surface area contributed by atoms with Crippen molar-refractivity contribution in [3.63, 3.8) is 0 Å². The van der Waals surface area contributed by atoms with Crippen LogP contribution in [0.2, 0.25) is 0 Å². The van der Waals surface area contributed by atoms with Gasteiger partial charge in [-0.2, -0.15) is 0 Å². The maximum Gasteiger partial charge on any atom is 0.254 e. The lowest BCUT2D eigenvalue weighted by molar-refractivity contribution is -0.108. The first-order valence-corrected chi connectivity index (χ1v) is 8.64. The number of Topliss-reactive ketones (excluding diaryl/α,β-unsaturated/α-hetero) is 1. The highest BCUT2D eigenvalue weighted by Gasteiger charge is 2.35. The van der Waals surface area contributed by atoms with Crippen molar-refractivity contribution >= 4 is 28.9 Å². The quantitative estimate of drug-likeness (QED) is 0.735. The van der Waals surface area contributed by atoms with E-state index in [9.17, 15) is 14.4 Å². The Morgan fingerprint density at radius 1 is 1.12 bits per heavy atom. The SMILES string of the molecule is O=CCN(C(=O)c1ccccc1)C1CCC(=O)c2[nH]c3ccccc3c21. The molecule has 1 aromatic heterocycles. The van der Waals surface area contributed by atoms with Crippen LogP contribution in [0.25, 0.3) is 10.9 Å². The smallest absolute Gasteiger partial charge is 0.254 e. The third-order valence-electron chi connectivity index (χ3n) is 4.93. The molecule has 1 aliphatic carbocycles. The number of para-hydroxylation sites is 1. The summed E-state index contributed by atoms with van der Waals surface area (Å²) in [5.74, 6) is -0.154. The van der Waals surface area contributed by atoms with E-state index < -0.39 is 0 Å². The number of carbonyl (C=O) groups is 3. The van der Waals surface area contributed by atoms with E-state index in [4.69, 9.17) is 0 Å². The van der Waals surface area contributed by atoms with Gasteiger partial charge in [0.25, 0.3) is 5.91 Å². The first-order valence-electron chi connectivity index (χ1n) is 8.64. The summed E-state index contributed by atoms with van der Waals surface area (Å²) in [7, 11) is 0. The Hall–Kier alpha value is -3.21. The number of hydrogen-bond donors (Lipinski definition) is 1. The summed E-state index contributed by atoms with van der Waals surface area (Å²) in [6, 6.07) is 16.3. The fourth-order valence-electron chi connectivity index (χ4n) is 3.76. The Labute approximate surface area is 150 Å². The first-order chi connectivity index (χ1) is 12.7. The number of amides is 1. The molecule has 1 N–H and O–H groups in total. The zero-order chi connectivity index (χ0) is 18.1. The fraction of sp³-hybridized carbons (Fsp3) is 0.190. The van der Waals surface area contributed by atoms with Crippen molar-refractivity contribution in [2.24, 2.45) is 0 Å². The lowest BCUT2D eigenvalue weighted by atomic mass is 9.88. The minimum atomic E-state index is -0.309. The van der Waals surface area contributed by atoms with Crippen molar-refractivity contribution in [3.05, 3.63) is 71.4 Å². The fourth-order valence-corrected chi connectivity index (χ4v) is 3.76. The first kappa shape index (κ1) is 16.3. The summed E-state index contributed by atoms with van der Waals surface area (Å²) in [4.78, 5) is 41.5. The molecule has 3 aromatic rings. The molecule has 1 aliphatic rings. The Morgan fingerprint density at radius 2 is 1.85 bits per heavy atom. The molecule has 0 spiro atoms. The summed E-state index contributed by atoms with van der Waals surface area (Å²) < 4.78 is 0. The summed E-state index contributed by atoms with van der Waals surface area (Å²) in [6.07, 6.45) is 1.60. The number of fused-ring (bicyclic) bond motifs is 3. The average molecular weight is 346 g/mol. The minimum absolute atomic E-state index is 0.00840. The molecule has 4 rings (SSSR count). The van der Waals surface area contributed by atoms with E-state index >= 15 is 0 Å². The van der Waals surface area contributed by atoms with Gasteiger partial charge in [0.1, 0.15) is 6.29 Å². The lowest BCUT2D eigenvalue weighted by Crippen LogP contribution is -2.38. The number of aromatic amines is 1. The molecule has 26 heavy (non-hydrogen) atoms. The van der Waals surface area contributed by atoms with Crippen molar-refractivity contribution in [3.8, 4) is 0 Å². The van der Waals surface area contributed by atoms with E-state index in [-0.39, 0.29) is 24.3 Å². The number of aldehydes is 1. The number of carbonyl (C=O) groups excluding carboxylic acids is 3. The van der Waals surface area contributed by atoms with Crippen molar-refractivity contribution in [2.45, 2.75) is 18.9 Å². The van der Waals surface area contributed by atoms with Gasteiger partial charge >= 0.3 is 0 Å². The van der Waals surface area contributed by atoms with Crippen LogP contribution in [0.4, 0.5) is 0 Å². The van der Waals surface area contributed by atoms with Crippen molar-refractivity contribution in [2.75, 3.05) is 6.54 Å². The van der Waals surface area contributed by atoms with Gasteiger partial charge in [0.05, 0.1) is 18.3 Å². The minimum Gasteiger partial charge on any atom is -0.352 e. The maximum absolute atomic E-state index is 13.1. The number of nitrogens with zero attached hydrogens (tertiary/aromatic N) is 1. The second-order valence-electron chi connectivity index (χ2n) is 6.43. The zero-order valence-electron chi connectivity index (χ0n) is 14.1. The van der Waals surface area contributed by atoms with Gasteiger partial charge in [0, 0.05) is 28.5 Å². The van der Waals surface area contributed by atoms with Crippen LogP contribution < -0.4 is 0 Å². The highest BCUT2D eigenvalue weighted by molar-refractivity contribution is 6.04. The van der Waals surface area contributed by atoms with Crippen molar-refractivity contribution < 1.29 is 14.4 Å². The molecule has 0 bridgehead atoms. The summed E-state index contributed by atoms with van der Waals surface area (Å²) in [5, 5.41) is 0.928. The Balaban J connectivity index is 1.83. The lowest BCUT2D eigenvalue weighted by Gasteiger charge is -2.33. The van der Waals surface area contributed by atoms with Gasteiger partial charge in [-0.05, 0) is 24.6 Å². The molecule has 0 saturated carbocycles. The molecule has 0 fully saturated rings. The van der Waals surface area contributed by atoms with E-state index in [2.05, 4.69) is 4.98 Å². The summed E-state index contributed by atoms with van der Waals surface area (Å²) in [6.45, 7) is -0.00840. The standard InChI is InChI=1S/C21H18N2O3/c24-13-12-23(21(26)14-6-2-1-3-7-14)17-10-11-18(25)20-19(17)15-8-4-5-9-16(15)22-20/h1-9,13,17,22H,10-12H2. The van der Waals surface area contributed by atoms with Gasteiger partial charge in [-0.15, -0.1) is 0 Å². The monoisotopic (exact) mass is 346 g/mol. The van der Waals surface area contributed by atoms with E-state index in [0.717, 1.165) is 22.8 Å². The van der Waals surface area contributed by atoms with Crippen LogP contribution in [-0.2, 0) is 4.79 Å². The molecule has 1 atom stereocenters. The second-order valence-corrected chi connectivity index (χ2v) is 6.43. The van der Waals surface area contributed by atoms with Gasteiger partial charge in [-0.1, -0.05) is 36.4 Å². The molecule has 0 saturated heterocycles. The van der Waals surface area contributed by atoms with E-state index in [1.54, 1.807) is 29.2 Å². The molecule has 5 heteroatoms. The molecule has 0 radical (unpaired) electrons. The number of rotatable bonds is 4. The summed E-state index contributed by atoms with van der Waals surface area (Å²) >= 11 is 0. The van der Waals surface area contributed by atoms with Gasteiger partial charge in [-0.3, -0.25) is 9.59 Å². The maximum atomic E-state index is 13.1. The second kappa shape index (κ2) is 6.59. The third-order valence-corrected chi connectivity index (χ3v) is 4.93. The van der Waals surface area contributed by atoms with Gasteiger partial charge < -0.3 is 14.7 Å². The molecular weight excluding hydrogens is 328 g/mol. The number of H-pyrrole nitrogens is 1. The van der Waals surface area contributed by atoms with Crippen LogP contribution >= 0.6 is 0 Å².